The number of benzene rings is 2. The molecule has 0 saturated heterocycles. The fourth-order valence-electron chi connectivity index (χ4n) is 2.87. The van der Waals surface area contributed by atoms with Gasteiger partial charge < -0.3 is 14.4 Å². The van der Waals surface area contributed by atoms with Crippen molar-refractivity contribution in [1.29, 1.82) is 0 Å². The van der Waals surface area contributed by atoms with Crippen molar-refractivity contribution in [2.45, 2.75) is 36.2 Å². The molecule has 4 aromatic rings. The van der Waals surface area contributed by atoms with Crippen LogP contribution in [0.15, 0.2) is 75.5 Å². The molecule has 0 fully saturated rings. The van der Waals surface area contributed by atoms with E-state index in [-0.39, 0.29) is 11.3 Å². The lowest BCUT2D eigenvalue weighted by Crippen LogP contribution is -2.14. The Morgan fingerprint density at radius 2 is 1.84 bits per heavy atom. The van der Waals surface area contributed by atoms with Crippen LogP contribution < -0.4 is 5.32 Å². The number of aryl methyl sites for hydroxylation is 1. The third-order valence-electron chi connectivity index (χ3n) is 4.60. The van der Waals surface area contributed by atoms with Crippen molar-refractivity contribution in [2.75, 3.05) is 5.32 Å². The molecule has 2 heterocycles. The van der Waals surface area contributed by atoms with Crippen LogP contribution in [0.25, 0.3) is 11.5 Å². The number of anilines is 1. The van der Waals surface area contributed by atoms with Gasteiger partial charge in [0.1, 0.15) is 0 Å². The normalized spacial score (nSPS) is 11.5. The standard InChI is InChI=1S/C23H23N5O2S/c1-23(2,3)21-26-20(30-27-21)18-8-6-5-7-17(18)19(29)25-15-9-11-16(12-10-15)31-22-24-13-14-28(22)4/h5-14H,1-4H3,(H,25,29). The van der Waals surface area contributed by atoms with E-state index >= 15 is 0 Å². The average Bonchev–Trinajstić information content (AvgIpc) is 3.39. The molecule has 0 radical (unpaired) electrons. The van der Waals surface area contributed by atoms with Crippen molar-refractivity contribution in [3.8, 4) is 11.5 Å². The van der Waals surface area contributed by atoms with E-state index in [1.165, 1.54) is 0 Å². The summed E-state index contributed by atoms with van der Waals surface area (Å²) in [5.41, 5.74) is 1.53. The molecule has 1 N–H and O–H groups in total. The molecule has 0 atom stereocenters. The highest BCUT2D eigenvalue weighted by Crippen LogP contribution is 2.28. The molecule has 0 aliphatic rings. The molecule has 0 aliphatic heterocycles. The van der Waals surface area contributed by atoms with Crippen LogP contribution in [0.5, 0.6) is 0 Å². The molecule has 0 unspecified atom stereocenters. The van der Waals surface area contributed by atoms with Crippen LogP contribution in [-0.2, 0) is 12.5 Å². The summed E-state index contributed by atoms with van der Waals surface area (Å²) >= 11 is 1.56. The molecule has 4 rings (SSSR count). The van der Waals surface area contributed by atoms with Gasteiger partial charge in [0.25, 0.3) is 11.8 Å². The summed E-state index contributed by atoms with van der Waals surface area (Å²) < 4.78 is 7.40. The van der Waals surface area contributed by atoms with Gasteiger partial charge in [0.2, 0.25) is 0 Å². The van der Waals surface area contributed by atoms with Gasteiger partial charge in [-0.2, -0.15) is 4.98 Å². The first-order valence-electron chi connectivity index (χ1n) is 9.81. The second-order valence-electron chi connectivity index (χ2n) is 8.12. The number of carbonyl (C=O) groups is 1. The first-order valence-corrected chi connectivity index (χ1v) is 10.6. The van der Waals surface area contributed by atoms with Gasteiger partial charge in [-0.1, -0.05) is 49.8 Å². The van der Waals surface area contributed by atoms with Crippen molar-refractivity contribution in [3.05, 3.63) is 72.3 Å². The largest absolute Gasteiger partial charge is 0.334 e. The topological polar surface area (TPSA) is 85.8 Å². The number of nitrogens with one attached hydrogen (secondary N) is 1. The molecule has 1 amide bonds. The fourth-order valence-corrected chi connectivity index (χ4v) is 3.67. The lowest BCUT2D eigenvalue weighted by Gasteiger charge is -2.11. The lowest BCUT2D eigenvalue weighted by atomic mass is 9.96. The van der Waals surface area contributed by atoms with Gasteiger partial charge in [-0.25, -0.2) is 4.98 Å². The van der Waals surface area contributed by atoms with Crippen molar-refractivity contribution < 1.29 is 9.32 Å². The van der Waals surface area contributed by atoms with Gasteiger partial charge in [-0.05, 0) is 36.4 Å². The molecule has 158 valence electrons. The highest BCUT2D eigenvalue weighted by atomic mass is 32.2. The predicted octanol–water partition coefficient (Wildman–Crippen LogP) is 5.17. The van der Waals surface area contributed by atoms with Crippen LogP contribution in [0.3, 0.4) is 0 Å². The smallest absolute Gasteiger partial charge is 0.258 e. The first-order chi connectivity index (χ1) is 14.8. The lowest BCUT2D eigenvalue weighted by molar-refractivity contribution is 0.102. The van der Waals surface area contributed by atoms with E-state index in [9.17, 15) is 4.79 Å². The molecule has 0 spiro atoms. The zero-order valence-electron chi connectivity index (χ0n) is 17.8. The minimum Gasteiger partial charge on any atom is -0.334 e. The van der Waals surface area contributed by atoms with Crippen LogP contribution in [0.2, 0.25) is 0 Å². The second kappa shape index (κ2) is 8.39. The second-order valence-corrected chi connectivity index (χ2v) is 9.16. The Balaban J connectivity index is 1.52. The molecule has 8 heteroatoms. The summed E-state index contributed by atoms with van der Waals surface area (Å²) in [6.07, 6.45) is 3.67. The molecular weight excluding hydrogens is 410 g/mol. The van der Waals surface area contributed by atoms with Crippen LogP contribution in [0.1, 0.15) is 37.0 Å². The van der Waals surface area contributed by atoms with E-state index in [1.807, 2.05) is 81.0 Å². The SMILES string of the molecule is Cn1ccnc1Sc1ccc(NC(=O)c2ccccc2-c2nc(C(C)(C)C)no2)cc1. The maximum Gasteiger partial charge on any atom is 0.258 e. The van der Waals surface area contributed by atoms with Gasteiger partial charge in [-0.15, -0.1) is 0 Å². The Morgan fingerprint density at radius 3 is 2.48 bits per heavy atom. The average molecular weight is 434 g/mol. The Bertz CT molecular complexity index is 1210. The van der Waals surface area contributed by atoms with Crippen LogP contribution in [-0.4, -0.2) is 25.6 Å². The highest BCUT2D eigenvalue weighted by molar-refractivity contribution is 7.99. The van der Waals surface area contributed by atoms with E-state index in [0.717, 1.165) is 10.1 Å². The molecule has 0 bridgehead atoms. The number of hydrogen-bond donors (Lipinski definition) is 1. The van der Waals surface area contributed by atoms with Gasteiger partial charge in [0, 0.05) is 35.4 Å². The maximum atomic E-state index is 13.0. The summed E-state index contributed by atoms with van der Waals surface area (Å²) in [5.74, 6) is 0.687. The van der Waals surface area contributed by atoms with Crippen LogP contribution in [0.4, 0.5) is 5.69 Å². The molecule has 31 heavy (non-hydrogen) atoms. The summed E-state index contributed by atoms with van der Waals surface area (Å²) in [7, 11) is 1.95. The van der Waals surface area contributed by atoms with E-state index in [0.29, 0.717) is 28.5 Å². The van der Waals surface area contributed by atoms with Gasteiger partial charge >= 0.3 is 0 Å². The monoisotopic (exact) mass is 433 g/mol. The quantitative estimate of drug-likeness (QED) is 0.467. The van der Waals surface area contributed by atoms with Gasteiger partial charge in [-0.3, -0.25) is 4.79 Å². The summed E-state index contributed by atoms with van der Waals surface area (Å²) in [6, 6.07) is 14.9. The Morgan fingerprint density at radius 1 is 1.10 bits per heavy atom. The van der Waals surface area contributed by atoms with Crippen molar-refractivity contribution >= 4 is 23.4 Å². The first kappa shape index (κ1) is 20.9. The molecule has 2 aromatic carbocycles. The third-order valence-corrected chi connectivity index (χ3v) is 5.68. The number of rotatable bonds is 5. The zero-order valence-corrected chi connectivity index (χ0v) is 18.6. The van der Waals surface area contributed by atoms with E-state index in [2.05, 4.69) is 20.4 Å². The minimum atomic E-state index is -0.242. The summed E-state index contributed by atoms with van der Waals surface area (Å²) in [5, 5.41) is 7.91. The summed E-state index contributed by atoms with van der Waals surface area (Å²) in [6.45, 7) is 6.03. The van der Waals surface area contributed by atoms with Gasteiger partial charge in [0.15, 0.2) is 11.0 Å². The van der Waals surface area contributed by atoms with Crippen molar-refractivity contribution in [3.63, 3.8) is 0 Å². The Labute approximate surface area is 184 Å². The summed E-state index contributed by atoms with van der Waals surface area (Å²) in [4.78, 5) is 22.8. The van der Waals surface area contributed by atoms with Crippen molar-refractivity contribution in [1.82, 2.24) is 19.7 Å². The number of hydrogen-bond acceptors (Lipinski definition) is 6. The van der Waals surface area contributed by atoms with Crippen LogP contribution in [0, 0.1) is 0 Å². The number of nitrogens with zero attached hydrogens (tertiary/aromatic N) is 4. The van der Waals surface area contributed by atoms with E-state index in [4.69, 9.17) is 4.52 Å². The third kappa shape index (κ3) is 4.69. The van der Waals surface area contributed by atoms with Gasteiger partial charge in [0.05, 0.1) is 11.1 Å². The van der Waals surface area contributed by atoms with Crippen molar-refractivity contribution in [2.24, 2.45) is 7.05 Å². The molecule has 0 aliphatic carbocycles. The van der Waals surface area contributed by atoms with E-state index in [1.54, 1.807) is 24.0 Å². The Hall–Kier alpha value is -3.39. The van der Waals surface area contributed by atoms with Crippen LogP contribution >= 0.6 is 11.8 Å². The molecule has 0 saturated carbocycles. The number of carbonyl (C=O) groups excluding carboxylic acids is 1. The zero-order chi connectivity index (χ0) is 22.0. The Kier molecular flexibility index (Phi) is 5.65. The molecular formula is C23H23N5O2S. The number of amides is 1. The predicted molar refractivity (Wildman–Crippen MR) is 120 cm³/mol. The van der Waals surface area contributed by atoms with E-state index < -0.39 is 0 Å². The number of aromatic nitrogens is 4. The minimum absolute atomic E-state index is 0.240. The highest BCUT2D eigenvalue weighted by Gasteiger charge is 2.23. The fraction of sp³-hybridized carbons (Fsp3) is 0.217. The maximum absolute atomic E-state index is 13.0. The molecule has 7 nitrogen and oxygen atoms in total. The number of imidazole rings is 1. The molecule has 2 aromatic heterocycles.